The summed E-state index contributed by atoms with van der Waals surface area (Å²) in [6, 6.07) is 10.8. The molecule has 9 nitrogen and oxygen atoms in total. The highest BCUT2D eigenvalue weighted by atomic mass is 35.5. The number of halogens is 1. The normalized spacial score (nSPS) is 11.2. The van der Waals surface area contributed by atoms with Crippen LogP contribution in [0.5, 0.6) is 0 Å². The minimum Gasteiger partial charge on any atom is -0.385 e. The number of aryl methyl sites for hydroxylation is 1. The van der Waals surface area contributed by atoms with E-state index in [4.69, 9.17) is 16.4 Å². The Morgan fingerprint density at radius 3 is 2.81 bits per heavy atom. The van der Waals surface area contributed by atoms with Crippen molar-refractivity contribution < 1.29 is 9.63 Å². The Balaban J connectivity index is 1.72. The summed E-state index contributed by atoms with van der Waals surface area (Å²) in [5.41, 5.74) is 1.55. The molecule has 132 valence electrons. The van der Waals surface area contributed by atoms with Gasteiger partial charge in [-0.3, -0.25) is 9.78 Å². The Bertz CT molecular complexity index is 927. The van der Waals surface area contributed by atoms with E-state index in [0.29, 0.717) is 22.2 Å². The average molecular weight is 372 g/mol. The predicted octanol–water partition coefficient (Wildman–Crippen LogP) is 1.67. The van der Waals surface area contributed by atoms with Gasteiger partial charge in [-0.1, -0.05) is 47.1 Å². The first kappa shape index (κ1) is 17.5. The van der Waals surface area contributed by atoms with Crippen molar-refractivity contribution in [3.8, 4) is 0 Å². The second kappa shape index (κ2) is 8.17. The van der Waals surface area contributed by atoms with Gasteiger partial charge in [0, 0.05) is 18.8 Å². The molecule has 2 aromatic heterocycles. The number of carbonyl (C=O) groups excluding carboxylic acids is 1. The standard InChI is InChI=1S/C16H14ClN7O2/c1-24-16(20-22-23-24)15(11-5-3-2-4-6-11)21-26-10-14(25)19-13-9-18-8-7-12(13)17/h2-9H,10H2,1H3,(H,19,25)/b21-15-. The van der Waals surface area contributed by atoms with Gasteiger partial charge in [-0.2, -0.15) is 0 Å². The summed E-state index contributed by atoms with van der Waals surface area (Å²) < 4.78 is 1.46. The molecular weight excluding hydrogens is 358 g/mol. The number of hydrogen-bond acceptors (Lipinski definition) is 7. The third kappa shape index (κ3) is 4.19. The van der Waals surface area contributed by atoms with Crippen LogP contribution in [0.15, 0.2) is 53.9 Å². The lowest BCUT2D eigenvalue weighted by Crippen LogP contribution is -2.18. The molecule has 0 radical (unpaired) electrons. The van der Waals surface area contributed by atoms with Crippen LogP contribution in [0.25, 0.3) is 0 Å². The molecule has 0 bridgehead atoms. The van der Waals surface area contributed by atoms with E-state index in [1.54, 1.807) is 13.1 Å². The van der Waals surface area contributed by atoms with Crippen LogP contribution in [0.1, 0.15) is 11.4 Å². The molecule has 26 heavy (non-hydrogen) atoms. The van der Waals surface area contributed by atoms with Crippen LogP contribution in [0, 0.1) is 0 Å². The van der Waals surface area contributed by atoms with Crippen molar-refractivity contribution in [3.63, 3.8) is 0 Å². The molecule has 0 spiro atoms. The predicted molar refractivity (Wildman–Crippen MR) is 94.7 cm³/mol. The molecule has 0 atom stereocenters. The molecule has 1 N–H and O–H groups in total. The zero-order valence-electron chi connectivity index (χ0n) is 13.7. The van der Waals surface area contributed by atoms with E-state index >= 15 is 0 Å². The maximum absolute atomic E-state index is 12.0. The molecule has 1 amide bonds. The number of anilines is 1. The molecule has 0 aliphatic heterocycles. The summed E-state index contributed by atoms with van der Waals surface area (Å²) in [4.78, 5) is 21.1. The van der Waals surface area contributed by atoms with Crippen molar-refractivity contribution in [1.82, 2.24) is 25.2 Å². The third-order valence-corrected chi connectivity index (χ3v) is 3.60. The molecule has 0 fully saturated rings. The van der Waals surface area contributed by atoms with Gasteiger partial charge in [-0.05, 0) is 16.5 Å². The highest BCUT2D eigenvalue weighted by Gasteiger charge is 2.15. The number of rotatable bonds is 6. The second-order valence-corrected chi connectivity index (χ2v) is 5.52. The number of carbonyl (C=O) groups is 1. The maximum Gasteiger partial charge on any atom is 0.265 e. The summed E-state index contributed by atoms with van der Waals surface area (Å²) in [6.07, 6.45) is 2.98. The Kier molecular flexibility index (Phi) is 5.49. The Hall–Kier alpha value is -3.33. The summed E-state index contributed by atoms with van der Waals surface area (Å²) in [6.45, 7) is -0.313. The van der Waals surface area contributed by atoms with Crippen LogP contribution in [0.2, 0.25) is 5.02 Å². The fraction of sp³-hybridized carbons (Fsp3) is 0.125. The Morgan fingerprint density at radius 2 is 2.12 bits per heavy atom. The molecule has 0 aliphatic carbocycles. The number of nitrogens with zero attached hydrogens (tertiary/aromatic N) is 6. The topological polar surface area (TPSA) is 107 Å². The number of pyridine rings is 1. The smallest absolute Gasteiger partial charge is 0.265 e. The molecule has 0 aliphatic rings. The number of nitrogens with one attached hydrogen (secondary N) is 1. The fourth-order valence-electron chi connectivity index (χ4n) is 2.06. The van der Waals surface area contributed by atoms with Gasteiger partial charge >= 0.3 is 0 Å². The summed E-state index contributed by atoms with van der Waals surface area (Å²) >= 11 is 5.97. The third-order valence-electron chi connectivity index (χ3n) is 3.27. The summed E-state index contributed by atoms with van der Waals surface area (Å²) in [7, 11) is 1.69. The largest absolute Gasteiger partial charge is 0.385 e. The van der Waals surface area contributed by atoms with Gasteiger partial charge in [-0.15, -0.1) is 5.10 Å². The number of hydrogen-bond donors (Lipinski definition) is 1. The van der Waals surface area contributed by atoms with Crippen LogP contribution in [0.3, 0.4) is 0 Å². The monoisotopic (exact) mass is 371 g/mol. The molecule has 3 aromatic rings. The number of tetrazole rings is 1. The van der Waals surface area contributed by atoms with Crippen molar-refractivity contribution in [1.29, 1.82) is 0 Å². The van der Waals surface area contributed by atoms with Crippen LogP contribution in [0.4, 0.5) is 5.69 Å². The van der Waals surface area contributed by atoms with Gasteiger partial charge in [0.2, 0.25) is 5.82 Å². The molecule has 0 saturated heterocycles. The van der Waals surface area contributed by atoms with Crippen molar-refractivity contribution >= 4 is 28.9 Å². The second-order valence-electron chi connectivity index (χ2n) is 5.11. The molecule has 0 unspecified atom stereocenters. The first-order valence-electron chi connectivity index (χ1n) is 7.52. The van der Waals surface area contributed by atoms with E-state index in [1.165, 1.54) is 17.1 Å². The van der Waals surface area contributed by atoms with Gasteiger partial charge in [0.05, 0.1) is 16.9 Å². The number of benzene rings is 1. The molecule has 0 saturated carbocycles. The lowest BCUT2D eigenvalue weighted by molar-refractivity contribution is -0.120. The molecule has 1 aromatic carbocycles. The number of aromatic nitrogens is 5. The van der Waals surface area contributed by atoms with Crippen LogP contribution in [-0.2, 0) is 16.7 Å². The van der Waals surface area contributed by atoms with Crippen molar-refractivity contribution in [3.05, 3.63) is 65.2 Å². The van der Waals surface area contributed by atoms with Gasteiger partial charge in [0.1, 0.15) is 0 Å². The Morgan fingerprint density at radius 1 is 1.31 bits per heavy atom. The van der Waals surface area contributed by atoms with E-state index in [0.717, 1.165) is 5.56 Å². The maximum atomic E-state index is 12.0. The van der Waals surface area contributed by atoms with E-state index in [-0.39, 0.29) is 6.61 Å². The molecule has 10 heteroatoms. The van der Waals surface area contributed by atoms with Crippen LogP contribution >= 0.6 is 11.6 Å². The number of amides is 1. The SMILES string of the molecule is Cn1nnnc1/C(=N\OCC(=O)Nc1cnccc1Cl)c1ccccc1. The zero-order chi connectivity index (χ0) is 18.4. The summed E-state index contributed by atoms with van der Waals surface area (Å²) in [5.74, 6) is -0.0148. The van der Waals surface area contributed by atoms with Gasteiger partial charge in [0.15, 0.2) is 12.3 Å². The summed E-state index contributed by atoms with van der Waals surface area (Å²) in [5, 5.41) is 18.4. The number of oxime groups is 1. The van der Waals surface area contributed by atoms with Crippen LogP contribution in [-0.4, -0.2) is 43.4 Å². The van der Waals surface area contributed by atoms with E-state index < -0.39 is 5.91 Å². The van der Waals surface area contributed by atoms with Crippen molar-refractivity contribution in [2.75, 3.05) is 11.9 Å². The van der Waals surface area contributed by atoms with Gasteiger partial charge < -0.3 is 10.2 Å². The average Bonchev–Trinajstić information content (AvgIpc) is 3.07. The van der Waals surface area contributed by atoms with Crippen LogP contribution < -0.4 is 5.32 Å². The lowest BCUT2D eigenvalue weighted by atomic mass is 10.1. The molecular formula is C16H14ClN7O2. The van der Waals surface area contributed by atoms with Gasteiger partial charge in [0.25, 0.3) is 5.91 Å². The minimum absolute atomic E-state index is 0.313. The van der Waals surface area contributed by atoms with E-state index in [1.807, 2.05) is 30.3 Å². The zero-order valence-corrected chi connectivity index (χ0v) is 14.5. The van der Waals surface area contributed by atoms with Crippen molar-refractivity contribution in [2.24, 2.45) is 12.2 Å². The highest BCUT2D eigenvalue weighted by Crippen LogP contribution is 2.18. The van der Waals surface area contributed by atoms with E-state index in [2.05, 4.69) is 31.0 Å². The fourth-order valence-corrected chi connectivity index (χ4v) is 2.21. The first-order chi connectivity index (χ1) is 12.6. The Labute approximate surface area is 153 Å². The molecule has 3 rings (SSSR count). The molecule has 2 heterocycles. The minimum atomic E-state index is -0.424. The first-order valence-corrected chi connectivity index (χ1v) is 7.90. The highest BCUT2D eigenvalue weighted by molar-refractivity contribution is 6.33. The lowest BCUT2D eigenvalue weighted by Gasteiger charge is -2.07. The van der Waals surface area contributed by atoms with E-state index in [9.17, 15) is 4.79 Å². The van der Waals surface area contributed by atoms with Gasteiger partial charge in [-0.25, -0.2) is 4.68 Å². The van der Waals surface area contributed by atoms with Crippen molar-refractivity contribution in [2.45, 2.75) is 0 Å². The quantitative estimate of drug-likeness (QED) is 0.521.